The minimum Gasteiger partial charge on any atom is -0.684 e. The van der Waals surface area contributed by atoms with Crippen LogP contribution in [0.5, 0.6) is 0 Å². The number of aryl methyl sites for hydroxylation is 1. The standard InChI is InChI=1S/C26H26NS.3CH3.Ti/c1-15-16(2)24-19(12-13-22-25(24)18-9-3-4-11-21(18)28-22)23(15)20-10-5-7-17-8-6-14-27-26(17)20;;;;/h3-5,7,9-13,15-16,19,23-24H,6,8,14H2,1-2H3;3*1H3;/q4*-1;+4. The van der Waals surface area contributed by atoms with E-state index in [1.165, 1.54) is 44.6 Å². The number of nitrogens with zero attached hydrogens (tertiary/aromatic N) is 1. The predicted octanol–water partition coefficient (Wildman–Crippen LogP) is 9.00. The predicted molar refractivity (Wildman–Crippen MR) is 140 cm³/mol. The van der Waals surface area contributed by atoms with Crippen LogP contribution in [0.2, 0.25) is 0 Å². The summed E-state index contributed by atoms with van der Waals surface area (Å²) in [5.74, 6) is 3.11. The molecule has 3 aliphatic rings. The van der Waals surface area contributed by atoms with E-state index in [-0.39, 0.29) is 44.0 Å². The quantitative estimate of drug-likeness (QED) is 0.245. The van der Waals surface area contributed by atoms with Gasteiger partial charge >= 0.3 is 21.7 Å². The van der Waals surface area contributed by atoms with Crippen LogP contribution < -0.4 is 0 Å². The van der Waals surface area contributed by atoms with E-state index in [1.807, 2.05) is 11.3 Å². The first-order valence-electron chi connectivity index (χ1n) is 10.7. The van der Waals surface area contributed by atoms with Crippen molar-refractivity contribution >= 4 is 33.2 Å². The molecule has 3 heteroatoms. The van der Waals surface area contributed by atoms with Gasteiger partial charge in [-0.05, 0) is 59.1 Å². The number of hydrogen-bond donors (Lipinski definition) is 0. The maximum atomic E-state index is 5.00. The van der Waals surface area contributed by atoms with Crippen molar-refractivity contribution in [3.8, 4) is 0 Å². The third kappa shape index (κ3) is 3.83. The van der Waals surface area contributed by atoms with Crippen LogP contribution in [0.25, 0.3) is 21.5 Å². The van der Waals surface area contributed by atoms with E-state index < -0.39 is 0 Å². The Hall–Kier alpha value is -1.35. The number of thiophene rings is 1. The molecule has 1 fully saturated rings. The average molecular weight is 478 g/mol. The molecule has 0 saturated heterocycles. The Balaban J connectivity index is 0.000000907. The molecule has 1 aliphatic heterocycles. The second-order valence-corrected chi connectivity index (χ2v) is 10.0. The van der Waals surface area contributed by atoms with E-state index in [0.717, 1.165) is 6.54 Å². The van der Waals surface area contributed by atoms with Gasteiger partial charge in [-0.3, -0.25) is 0 Å². The second kappa shape index (κ2) is 10.3. The molecule has 2 aliphatic carbocycles. The first kappa shape index (κ1) is 26.9. The van der Waals surface area contributed by atoms with Gasteiger partial charge in [-0.25, -0.2) is 0 Å². The molecule has 0 radical (unpaired) electrons. The molecule has 0 spiro atoms. The van der Waals surface area contributed by atoms with E-state index in [1.54, 1.807) is 5.56 Å². The first-order valence-corrected chi connectivity index (χ1v) is 11.5. The van der Waals surface area contributed by atoms with Crippen molar-refractivity contribution in [3.05, 3.63) is 97.7 Å². The van der Waals surface area contributed by atoms with E-state index in [9.17, 15) is 0 Å². The zero-order valence-corrected chi connectivity index (χ0v) is 22.4. The van der Waals surface area contributed by atoms with Crippen molar-refractivity contribution in [1.82, 2.24) is 0 Å². The third-order valence-corrected chi connectivity index (χ3v) is 8.79. The maximum Gasteiger partial charge on any atom is 4.00 e. The number of para-hydroxylation sites is 1. The molecule has 1 aromatic heterocycles. The van der Waals surface area contributed by atoms with Crippen molar-refractivity contribution in [1.29, 1.82) is 0 Å². The van der Waals surface area contributed by atoms with Gasteiger partial charge in [-0.1, -0.05) is 73.9 Å². The third-order valence-electron chi connectivity index (χ3n) is 7.64. The maximum absolute atomic E-state index is 5.00. The molecule has 0 bridgehead atoms. The van der Waals surface area contributed by atoms with Gasteiger partial charge in [-0.2, -0.15) is 0 Å². The summed E-state index contributed by atoms with van der Waals surface area (Å²) in [7, 11) is 0. The van der Waals surface area contributed by atoms with Crippen LogP contribution in [0, 0.1) is 40.0 Å². The Morgan fingerprint density at radius 3 is 2.47 bits per heavy atom. The summed E-state index contributed by atoms with van der Waals surface area (Å²) in [6.07, 6.45) is 7.34. The summed E-state index contributed by atoms with van der Waals surface area (Å²) < 4.78 is 1.44. The fourth-order valence-corrected chi connectivity index (χ4v) is 7.42. The first-order chi connectivity index (χ1) is 13.7. The van der Waals surface area contributed by atoms with Crippen LogP contribution in [0.4, 0.5) is 5.69 Å². The molecule has 0 N–H and O–H groups in total. The summed E-state index contributed by atoms with van der Waals surface area (Å²) >= 11 is 1.97. The molecule has 5 atom stereocenters. The van der Waals surface area contributed by atoms with Gasteiger partial charge in [0.1, 0.15) is 0 Å². The van der Waals surface area contributed by atoms with E-state index in [0.29, 0.717) is 29.6 Å². The topological polar surface area (TPSA) is 14.1 Å². The van der Waals surface area contributed by atoms with Gasteiger partial charge in [0, 0.05) is 9.58 Å². The summed E-state index contributed by atoms with van der Waals surface area (Å²) in [5, 5.41) is 6.48. The van der Waals surface area contributed by atoms with Gasteiger partial charge in [0.15, 0.2) is 0 Å². The summed E-state index contributed by atoms with van der Waals surface area (Å²) in [4.78, 5) is 1.49. The molecule has 1 nitrogen and oxygen atoms in total. The van der Waals surface area contributed by atoms with Gasteiger partial charge in [0.2, 0.25) is 0 Å². The molecule has 2 heterocycles. The van der Waals surface area contributed by atoms with Gasteiger partial charge < -0.3 is 27.6 Å². The minimum absolute atomic E-state index is 0. The molecule has 166 valence electrons. The summed E-state index contributed by atoms with van der Waals surface area (Å²) in [6, 6.07) is 15.9. The fraction of sp³-hybridized carbons (Fsp3) is 0.345. The number of hydrogen-bond acceptors (Lipinski definition) is 1. The summed E-state index contributed by atoms with van der Waals surface area (Å²) in [5.41, 5.74) is 5.93. The monoisotopic (exact) mass is 477 g/mol. The number of rotatable bonds is 1. The zero-order valence-electron chi connectivity index (χ0n) is 20.1. The summed E-state index contributed by atoms with van der Waals surface area (Å²) in [6.45, 7) is 5.96. The number of fused-ring (bicyclic) bond motifs is 6. The fourth-order valence-electron chi connectivity index (χ4n) is 6.25. The molecule has 5 unspecified atom stereocenters. The van der Waals surface area contributed by atoms with Gasteiger partial charge in [0.25, 0.3) is 0 Å². The van der Waals surface area contributed by atoms with Gasteiger partial charge in [0.05, 0.1) is 0 Å². The molecular weight excluding hydrogens is 442 g/mol. The van der Waals surface area contributed by atoms with Gasteiger partial charge in [-0.15, -0.1) is 23.6 Å². The Morgan fingerprint density at radius 1 is 0.906 bits per heavy atom. The Morgan fingerprint density at radius 2 is 1.66 bits per heavy atom. The van der Waals surface area contributed by atoms with E-state index in [2.05, 4.69) is 68.5 Å². The Kier molecular flexibility index (Phi) is 8.65. The van der Waals surface area contributed by atoms with Crippen LogP contribution in [-0.4, -0.2) is 6.54 Å². The van der Waals surface area contributed by atoms with Crippen LogP contribution in [0.1, 0.15) is 53.7 Å². The Labute approximate surface area is 214 Å². The minimum atomic E-state index is 0. The molecular formula is C29H35NSTi. The van der Waals surface area contributed by atoms with Crippen LogP contribution in [-0.2, 0) is 28.1 Å². The molecule has 1 saturated carbocycles. The van der Waals surface area contributed by atoms with Crippen molar-refractivity contribution < 1.29 is 21.7 Å². The van der Waals surface area contributed by atoms with Crippen molar-refractivity contribution in [2.45, 2.75) is 38.5 Å². The largest absolute Gasteiger partial charge is 4.00 e. The molecule has 2 aromatic carbocycles. The smallest absolute Gasteiger partial charge is 0.684 e. The van der Waals surface area contributed by atoms with Crippen molar-refractivity contribution in [2.75, 3.05) is 6.54 Å². The second-order valence-electron chi connectivity index (χ2n) is 8.92. The normalized spacial score (nSPS) is 26.8. The average Bonchev–Trinajstić information content (AvgIpc) is 3.23. The molecule has 32 heavy (non-hydrogen) atoms. The SMILES string of the molecule is CC1C(C)C2c3c(sc4ccccc34)C=CC2C1c1cccc2c1[N-]CCC2.[CH3-].[CH3-].[CH3-].[Ti+4]. The molecule has 3 aromatic rings. The zero-order chi connectivity index (χ0) is 18.8. The Bertz CT molecular complexity index is 1100. The number of allylic oxidation sites excluding steroid dienone is 1. The van der Waals surface area contributed by atoms with E-state index in [4.69, 9.17) is 5.32 Å². The van der Waals surface area contributed by atoms with Crippen LogP contribution in [0.3, 0.4) is 0 Å². The van der Waals surface area contributed by atoms with Crippen molar-refractivity contribution in [2.24, 2.45) is 17.8 Å². The molecule has 0 amide bonds. The van der Waals surface area contributed by atoms with Crippen molar-refractivity contribution in [3.63, 3.8) is 0 Å². The van der Waals surface area contributed by atoms with E-state index >= 15 is 0 Å². The van der Waals surface area contributed by atoms with Crippen LogP contribution in [0.15, 0.2) is 48.5 Å². The molecule has 6 rings (SSSR count). The number of benzene rings is 2. The van der Waals surface area contributed by atoms with Crippen LogP contribution >= 0.6 is 11.3 Å².